The fourth-order valence-electron chi connectivity index (χ4n) is 3.42. The van der Waals surface area contributed by atoms with Gasteiger partial charge in [0.15, 0.2) is 5.82 Å². The Morgan fingerprint density at radius 1 is 1.00 bits per heavy atom. The van der Waals surface area contributed by atoms with Crippen molar-refractivity contribution in [3.8, 4) is 11.4 Å². The van der Waals surface area contributed by atoms with Gasteiger partial charge in [-0.1, -0.05) is 42.5 Å². The molecule has 2 N–H and O–H groups in total. The molecule has 3 aromatic heterocycles. The van der Waals surface area contributed by atoms with Gasteiger partial charge in [0, 0.05) is 48.0 Å². The van der Waals surface area contributed by atoms with Crippen LogP contribution in [0.1, 0.15) is 17.0 Å². The zero-order chi connectivity index (χ0) is 18.1. The van der Waals surface area contributed by atoms with Crippen LogP contribution in [0.15, 0.2) is 67.1 Å². The van der Waals surface area contributed by atoms with E-state index in [4.69, 9.17) is 0 Å². The predicted octanol–water partition coefficient (Wildman–Crippen LogP) is 3.18. The van der Waals surface area contributed by atoms with Crippen molar-refractivity contribution >= 4 is 10.9 Å². The smallest absolute Gasteiger partial charge is 0.179 e. The second-order valence-electron chi connectivity index (χ2n) is 6.46. The van der Waals surface area contributed by atoms with E-state index < -0.39 is 0 Å². The van der Waals surface area contributed by atoms with Gasteiger partial charge in [-0.25, -0.2) is 10.1 Å². The third-order valence-electron chi connectivity index (χ3n) is 4.71. The average molecular weight is 355 g/mol. The molecule has 0 spiro atoms. The van der Waals surface area contributed by atoms with Crippen molar-refractivity contribution in [2.45, 2.75) is 13.0 Å². The van der Waals surface area contributed by atoms with E-state index in [1.807, 2.05) is 18.3 Å². The summed E-state index contributed by atoms with van der Waals surface area (Å²) in [5.74, 6) is 1.65. The van der Waals surface area contributed by atoms with Gasteiger partial charge in [0.2, 0.25) is 0 Å². The third kappa shape index (κ3) is 2.99. The van der Waals surface area contributed by atoms with Crippen molar-refractivity contribution in [2.24, 2.45) is 0 Å². The van der Waals surface area contributed by atoms with Gasteiger partial charge in [0.05, 0.1) is 0 Å². The minimum absolute atomic E-state index is 0.675. The molecule has 7 nitrogen and oxygen atoms in total. The highest BCUT2D eigenvalue weighted by molar-refractivity contribution is 5.84. The first kappa shape index (κ1) is 15.5. The number of nitrogens with one attached hydrogen (secondary N) is 2. The van der Waals surface area contributed by atoms with E-state index in [0.717, 1.165) is 24.4 Å². The maximum absolute atomic E-state index is 4.36. The van der Waals surface area contributed by atoms with Crippen LogP contribution in [0.4, 0.5) is 0 Å². The number of tetrazole rings is 1. The molecule has 0 aliphatic heterocycles. The Bertz CT molecular complexity index is 1150. The van der Waals surface area contributed by atoms with Gasteiger partial charge < -0.3 is 9.55 Å². The van der Waals surface area contributed by atoms with Crippen molar-refractivity contribution in [1.82, 2.24) is 35.2 Å². The molecular weight excluding hydrogens is 338 g/mol. The van der Waals surface area contributed by atoms with Crippen LogP contribution in [0.2, 0.25) is 0 Å². The first-order valence-electron chi connectivity index (χ1n) is 8.75. The number of nitrogens with zero attached hydrogens (tertiary/aromatic N) is 5. The van der Waals surface area contributed by atoms with Gasteiger partial charge in [0.25, 0.3) is 0 Å². The Kier molecular flexibility index (Phi) is 3.75. The number of hydrogen-bond acceptors (Lipinski definition) is 4. The summed E-state index contributed by atoms with van der Waals surface area (Å²) in [6, 6.07) is 16.8. The fraction of sp³-hybridized carbons (Fsp3) is 0.100. The summed E-state index contributed by atoms with van der Waals surface area (Å²) in [5, 5.41) is 15.2. The van der Waals surface area contributed by atoms with E-state index in [9.17, 15) is 0 Å². The number of H-pyrrole nitrogens is 2. The topological polar surface area (TPSA) is 88.1 Å². The highest BCUT2D eigenvalue weighted by atomic mass is 15.5. The summed E-state index contributed by atoms with van der Waals surface area (Å²) in [4.78, 5) is 7.55. The monoisotopic (exact) mass is 355 g/mol. The quantitative estimate of drug-likeness (QED) is 0.507. The molecule has 132 valence electrons. The lowest BCUT2D eigenvalue weighted by Gasteiger charge is -2.06. The lowest BCUT2D eigenvalue weighted by molar-refractivity contribution is 0.830. The molecule has 0 saturated carbocycles. The lowest BCUT2D eigenvalue weighted by Crippen LogP contribution is -1.98. The van der Waals surface area contributed by atoms with E-state index in [1.54, 1.807) is 6.20 Å². The van der Waals surface area contributed by atoms with Gasteiger partial charge in [-0.3, -0.25) is 0 Å². The average Bonchev–Trinajstić information content (AvgIpc) is 3.46. The minimum Gasteiger partial charge on any atom is -0.348 e. The molecule has 5 aromatic rings. The summed E-state index contributed by atoms with van der Waals surface area (Å²) in [6.07, 6.45) is 6.67. The van der Waals surface area contributed by atoms with Crippen LogP contribution in [0.3, 0.4) is 0 Å². The largest absolute Gasteiger partial charge is 0.348 e. The van der Waals surface area contributed by atoms with Crippen LogP contribution in [-0.4, -0.2) is 35.2 Å². The lowest BCUT2D eigenvalue weighted by atomic mass is 10.1. The zero-order valence-electron chi connectivity index (χ0n) is 14.5. The van der Waals surface area contributed by atoms with Crippen LogP contribution in [-0.2, 0) is 13.0 Å². The van der Waals surface area contributed by atoms with Gasteiger partial charge >= 0.3 is 0 Å². The maximum atomic E-state index is 4.36. The first-order valence-corrected chi connectivity index (χ1v) is 8.75. The molecule has 0 fully saturated rings. The van der Waals surface area contributed by atoms with Crippen LogP contribution in [0.5, 0.6) is 0 Å². The Balaban J connectivity index is 1.46. The molecule has 2 aromatic carbocycles. The molecule has 5 rings (SSSR count). The molecule has 0 atom stereocenters. The van der Waals surface area contributed by atoms with E-state index in [0.29, 0.717) is 5.82 Å². The fourth-order valence-corrected chi connectivity index (χ4v) is 3.42. The summed E-state index contributed by atoms with van der Waals surface area (Å²) in [7, 11) is 0. The molecule has 3 heterocycles. The molecule has 0 radical (unpaired) electrons. The summed E-state index contributed by atoms with van der Waals surface area (Å²) < 4.78 is 2.29. The molecular formula is C20H17N7. The molecule has 0 bridgehead atoms. The Hall–Kier alpha value is -3.74. The maximum Gasteiger partial charge on any atom is 0.179 e. The van der Waals surface area contributed by atoms with Crippen LogP contribution >= 0.6 is 0 Å². The number of benzene rings is 2. The molecule has 0 unspecified atom stereocenters. The Morgan fingerprint density at radius 3 is 2.67 bits per heavy atom. The Morgan fingerprint density at radius 2 is 1.89 bits per heavy atom. The normalized spacial score (nSPS) is 11.3. The first-order chi connectivity index (χ1) is 13.4. The molecule has 0 saturated heterocycles. The van der Waals surface area contributed by atoms with Crippen molar-refractivity contribution in [3.63, 3.8) is 0 Å². The second kappa shape index (κ2) is 6.53. The molecule has 0 aliphatic rings. The van der Waals surface area contributed by atoms with E-state index in [2.05, 4.69) is 77.8 Å². The van der Waals surface area contributed by atoms with Gasteiger partial charge in [-0.15, -0.1) is 5.10 Å². The second-order valence-corrected chi connectivity index (χ2v) is 6.46. The van der Waals surface area contributed by atoms with Crippen molar-refractivity contribution in [3.05, 3.63) is 84.1 Å². The minimum atomic E-state index is 0.675. The molecule has 7 heteroatoms. The van der Waals surface area contributed by atoms with E-state index in [1.165, 1.54) is 22.0 Å². The van der Waals surface area contributed by atoms with Gasteiger partial charge in [-0.05, 0) is 27.6 Å². The highest BCUT2D eigenvalue weighted by Gasteiger charge is 2.10. The number of fused-ring (bicyclic) bond motifs is 1. The predicted molar refractivity (Wildman–Crippen MR) is 102 cm³/mol. The van der Waals surface area contributed by atoms with E-state index >= 15 is 0 Å². The number of hydrogen-bond donors (Lipinski definition) is 2. The van der Waals surface area contributed by atoms with Crippen molar-refractivity contribution in [2.75, 3.05) is 0 Å². The number of rotatable bonds is 5. The van der Waals surface area contributed by atoms with Crippen LogP contribution in [0, 0.1) is 0 Å². The molecule has 0 amide bonds. The summed E-state index contributed by atoms with van der Waals surface area (Å²) in [5.41, 5.74) is 4.68. The zero-order valence-corrected chi connectivity index (χ0v) is 14.5. The van der Waals surface area contributed by atoms with Crippen molar-refractivity contribution < 1.29 is 0 Å². The van der Waals surface area contributed by atoms with Crippen LogP contribution < -0.4 is 0 Å². The third-order valence-corrected chi connectivity index (χ3v) is 4.71. The number of aromatic nitrogens is 7. The van der Waals surface area contributed by atoms with Crippen molar-refractivity contribution in [1.29, 1.82) is 0 Å². The molecule has 27 heavy (non-hydrogen) atoms. The van der Waals surface area contributed by atoms with Gasteiger partial charge in [-0.2, -0.15) is 0 Å². The van der Waals surface area contributed by atoms with Crippen LogP contribution in [0.25, 0.3) is 22.3 Å². The molecule has 0 aliphatic carbocycles. The number of imidazole rings is 1. The van der Waals surface area contributed by atoms with E-state index in [-0.39, 0.29) is 0 Å². The standard InChI is InChI=1S/C20H17N7/c1-2-4-18-17(3-1)16(11-19-21-9-10-22-19)13-27(18)12-14-5-7-15(8-6-14)20-23-25-26-24-20/h1-10,13H,11-12H2,(H,21,22)(H,23,24,25,26). The highest BCUT2D eigenvalue weighted by Crippen LogP contribution is 2.24. The number of aromatic amines is 2. The number of para-hydroxylation sites is 1. The Labute approximate surface area is 155 Å². The van der Waals surface area contributed by atoms with Gasteiger partial charge in [0.1, 0.15) is 5.82 Å². The SMILES string of the molecule is c1ccc2c(c1)c(Cc1ncc[nH]1)cn2Cc1ccc(-c2nnn[nH]2)cc1. The summed E-state index contributed by atoms with van der Waals surface area (Å²) >= 11 is 0. The summed E-state index contributed by atoms with van der Waals surface area (Å²) in [6.45, 7) is 0.799.